The first-order chi connectivity index (χ1) is 21.4. The van der Waals surface area contributed by atoms with E-state index in [9.17, 15) is 9.59 Å². The fraction of sp³-hybridized carbons (Fsp3) is 0.114. The van der Waals surface area contributed by atoms with Crippen LogP contribution in [-0.4, -0.2) is 17.6 Å². The maximum Gasteiger partial charge on any atom is 0.271 e. The van der Waals surface area contributed by atoms with Gasteiger partial charge in [0.1, 0.15) is 18.1 Å². The number of thiazole rings is 1. The second-order valence-corrected chi connectivity index (χ2v) is 12.1. The van der Waals surface area contributed by atoms with E-state index in [2.05, 4.69) is 21.2 Å². The Hall–Kier alpha value is -4.73. The normalized spacial score (nSPS) is 14.5. The van der Waals surface area contributed by atoms with Gasteiger partial charge in [0.2, 0.25) is 0 Å². The molecule has 1 aliphatic heterocycles. The number of anilines is 1. The van der Waals surface area contributed by atoms with Crippen LogP contribution < -0.4 is 29.7 Å². The zero-order chi connectivity index (χ0) is 30.6. The molecule has 0 saturated heterocycles. The summed E-state index contributed by atoms with van der Waals surface area (Å²) in [5, 5.41) is 2.98. The number of amides is 1. The predicted octanol–water partition coefficient (Wildman–Crippen LogP) is 6.22. The molecule has 2 heterocycles. The number of para-hydroxylation sites is 2. The Bertz CT molecular complexity index is 2030. The lowest BCUT2D eigenvalue weighted by molar-refractivity contribution is -0.113. The summed E-state index contributed by atoms with van der Waals surface area (Å²) in [6.07, 6.45) is 1.83. The number of methoxy groups -OCH3 is 1. The molecule has 0 saturated carbocycles. The first-order valence-electron chi connectivity index (χ1n) is 13.9. The maximum atomic E-state index is 14.1. The Labute approximate surface area is 266 Å². The molecule has 1 N–H and O–H groups in total. The predicted molar refractivity (Wildman–Crippen MR) is 177 cm³/mol. The maximum absolute atomic E-state index is 14.1. The highest BCUT2D eigenvalue weighted by Crippen LogP contribution is 2.32. The average molecular weight is 667 g/mol. The van der Waals surface area contributed by atoms with Crippen molar-refractivity contribution in [1.29, 1.82) is 0 Å². The molecule has 0 bridgehead atoms. The second-order valence-electron chi connectivity index (χ2n) is 10.1. The van der Waals surface area contributed by atoms with Crippen molar-refractivity contribution < 1.29 is 14.3 Å². The number of carbonyl (C=O) groups is 1. The third-order valence-electron chi connectivity index (χ3n) is 7.24. The number of ether oxygens (including phenoxy) is 2. The minimum Gasteiger partial charge on any atom is -0.497 e. The fourth-order valence-corrected chi connectivity index (χ4v) is 6.35. The summed E-state index contributed by atoms with van der Waals surface area (Å²) in [5.41, 5.74) is 3.93. The highest BCUT2D eigenvalue weighted by atomic mass is 79.9. The van der Waals surface area contributed by atoms with Crippen molar-refractivity contribution in [1.82, 2.24) is 4.57 Å². The van der Waals surface area contributed by atoms with Crippen LogP contribution in [0.15, 0.2) is 129 Å². The van der Waals surface area contributed by atoms with Crippen molar-refractivity contribution in [3.05, 3.63) is 155 Å². The fourth-order valence-electron chi connectivity index (χ4n) is 5.05. The van der Waals surface area contributed by atoms with E-state index in [1.165, 1.54) is 11.3 Å². The van der Waals surface area contributed by atoms with Crippen LogP contribution in [0.25, 0.3) is 6.08 Å². The van der Waals surface area contributed by atoms with E-state index in [-0.39, 0.29) is 11.5 Å². The van der Waals surface area contributed by atoms with Gasteiger partial charge in [0, 0.05) is 15.7 Å². The highest BCUT2D eigenvalue weighted by molar-refractivity contribution is 9.10. The molecule has 6 rings (SSSR count). The number of fused-ring (bicyclic) bond motifs is 1. The molecule has 0 spiro atoms. The Morgan fingerprint density at radius 3 is 2.41 bits per heavy atom. The van der Waals surface area contributed by atoms with Gasteiger partial charge >= 0.3 is 0 Å². The van der Waals surface area contributed by atoms with E-state index in [4.69, 9.17) is 14.5 Å². The molecule has 4 aromatic carbocycles. The van der Waals surface area contributed by atoms with Gasteiger partial charge in [-0.05, 0) is 66.6 Å². The second kappa shape index (κ2) is 12.9. The van der Waals surface area contributed by atoms with Gasteiger partial charge < -0.3 is 14.8 Å². The quantitative estimate of drug-likeness (QED) is 0.213. The molecule has 5 aromatic rings. The smallest absolute Gasteiger partial charge is 0.271 e. The number of allylic oxidation sites excluding steroid dienone is 1. The molecule has 0 radical (unpaired) electrons. The Kier molecular flexibility index (Phi) is 8.58. The molecule has 1 atom stereocenters. The van der Waals surface area contributed by atoms with Crippen LogP contribution in [0.2, 0.25) is 0 Å². The van der Waals surface area contributed by atoms with E-state index in [0.717, 1.165) is 21.2 Å². The van der Waals surface area contributed by atoms with Gasteiger partial charge in [-0.3, -0.25) is 14.2 Å². The van der Waals surface area contributed by atoms with Crippen molar-refractivity contribution in [2.45, 2.75) is 19.6 Å². The molecule has 0 fully saturated rings. The van der Waals surface area contributed by atoms with Gasteiger partial charge in [-0.25, -0.2) is 4.99 Å². The van der Waals surface area contributed by atoms with Crippen LogP contribution >= 0.6 is 27.3 Å². The number of aromatic nitrogens is 1. The Morgan fingerprint density at radius 1 is 0.977 bits per heavy atom. The number of rotatable bonds is 8. The number of nitrogens with one attached hydrogen (secondary N) is 1. The van der Waals surface area contributed by atoms with Crippen LogP contribution in [0.3, 0.4) is 0 Å². The van der Waals surface area contributed by atoms with Crippen molar-refractivity contribution in [3.8, 4) is 11.5 Å². The Morgan fingerprint density at radius 2 is 1.68 bits per heavy atom. The summed E-state index contributed by atoms with van der Waals surface area (Å²) in [6.45, 7) is 2.19. The summed E-state index contributed by atoms with van der Waals surface area (Å²) in [6, 6.07) is 31.5. The van der Waals surface area contributed by atoms with Crippen molar-refractivity contribution in [2.24, 2.45) is 4.99 Å². The largest absolute Gasteiger partial charge is 0.497 e. The molecule has 7 nitrogen and oxygen atoms in total. The van der Waals surface area contributed by atoms with Crippen LogP contribution in [0.5, 0.6) is 11.5 Å². The number of halogens is 1. The van der Waals surface area contributed by atoms with E-state index < -0.39 is 6.04 Å². The van der Waals surface area contributed by atoms with Gasteiger partial charge in [-0.2, -0.15) is 0 Å². The van der Waals surface area contributed by atoms with Gasteiger partial charge in [0.15, 0.2) is 4.80 Å². The van der Waals surface area contributed by atoms with E-state index in [0.29, 0.717) is 44.4 Å². The first kappa shape index (κ1) is 29.3. The summed E-state index contributed by atoms with van der Waals surface area (Å²) in [5.74, 6) is 1.02. The van der Waals surface area contributed by atoms with Crippen LogP contribution in [0, 0.1) is 0 Å². The monoisotopic (exact) mass is 665 g/mol. The third kappa shape index (κ3) is 6.15. The lowest BCUT2D eigenvalue weighted by atomic mass is 9.95. The number of hydrogen-bond donors (Lipinski definition) is 1. The zero-order valence-corrected chi connectivity index (χ0v) is 26.4. The minimum absolute atomic E-state index is 0.241. The van der Waals surface area contributed by atoms with Crippen LogP contribution in [0.4, 0.5) is 5.69 Å². The molecule has 1 amide bonds. The molecule has 0 unspecified atom stereocenters. The molecular formula is C35H28BrN3O4S. The molecule has 1 aromatic heterocycles. The molecule has 0 aliphatic carbocycles. The highest BCUT2D eigenvalue weighted by Gasteiger charge is 2.32. The van der Waals surface area contributed by atoms with E-state index in [1.807, 2.05) is 109 Å². The van der Waals surface area contributed by atoms with Crippen LogP contribution in [0.1, 0.15) is 29.7 Å². The lowest BCUT2D eigenvalue weighted by Crippen LogP contribution is -2.40. The molecule has 9 heteroatoms. The summed E-state index contributed by atoms with van der Waals surface area (Å²) >= 11 is 4.75. The SMILES string of the molecule is COc1ccc([C@H]2C(C(=O)Nc3ccccc3)=C(C)N=c3s/c(=C/c4ccccc4OCc4ccc(Br)cc4)c(=O)n32)cc1. The standard InChI is InChI=1S/C35H28BrN3O4S/c1-22-31(33(40)38-27-9-4-3-5-10-27)32(24-14-18-28(42-2)19-15-24)39-34(41)30(44-35(39)37-22)20-25-8-6-7-11-29(25)43-21-23-12-16-26(36)17-13-23/h3-20,32H,21H2,1-2H3,(H,38,40)/b30-20+/t32-/m0/s1. The molecule has 44 heavy (non-hydrogen) atoms. The van der Waals surface area contributed by atoms with Crippen molar-refractivity contribution >= 4 is 44.9 Å². The third-order valence-corrected chi connectivity index (χ3v) is 8.75. The van der Waals surface area contributed by atoms with Gasteiger partial charge in [-0.1, -0.05) is 87.9 Å². The average Bonchev–Trinajstić information content (AvgIpc) is 3.35. The summed E-state index contributed by atoms with van der Waals surface area (Å²) in [7, 11) is 1.60. The zero-order valence-electron chi connectivity index (χ0n) is 24.0. The molecule has 1 aliphatic rings. The first-order valence-corrected chi connectivity index (χ1v) is 15.5. The van der Waals surface area contributed by atoms with Crippen molar-refractivity contribution in [2.75, 3.05) is 12.4 Å². The van der Waals surface area contributed by atoms with Crippen molar-refractivity contribution in [3.63, 3.8) is 0 Å². The summed E-state index contributed by atoms with van der Waals surface area (Å²) in [4.78, 5) is 33.2. The topological polar surface area (TPSA) is 81.9 Å². The van der Waals surface area contributed by atoms with E-state index >= 15 is 0 Å². The molecule has 220 valence electrons. The molecular weight excluding hydrogens is 638 g/mol. The lowest BCUT2D eigenvalue weighted by Gasteiger charge is -2.25. The van der Waals surface area contributed by atoms with E-state index in [1.54, 1.807) is 18.6 Å². The van der Waals surface area contributed by atoms with Gasteiger partial charge in [0.25, 0.3) is 11.5 Å². The number of nitrogens with zero attached hydrogens (tertiary/aromatic N) is 2. The number of hydrogen-bond acceptors (Lipinski definition) is 6. The number of benzene rings is 4. The Balaban J connectivity index is 1.42. The van der Waals surface area contributed by atoms with Crippen LogP contribution in [-0.2, 0) is 11.4 Å². The summed E-state index contributed by atoms with van der Waals surface area (Å²) < 4.78 is 14.6. The van der Waals surface area contributed by atoms with Gasteiger partial charge in [0.05, 0.1) is 29.0 Å². The minimum atomic E-state index is -0.688. The number of carbonyl (C=O) groups excluding carboxylic acids is 1. The van der Waals surface area contributed by atoms with Gasteiger partial charge in [-0.15, -0.1) is 0 Å².